The Labute approximate surface area is 104 Å². The van der Waals surface area contributed by atoms with Gasteiger partial charge in [-0.1, -0.05) is 0 Å². The molecule has 0 saturated carbocycles. The third kappa shape index (κ3) is 3.62. The van der Waals surface area contributed by atoms with Crippen LogP contribution < -0.4 is 0 Å². The van der Waals surface area contributed by atoms with Crippen molar-refractivity contribution in [2.24, 2.45) is 0 Å². The molecule has 19 heavy (non-hydrogen) atoms. The van der Waals surface area contributed by atoms with Gasteiger partial charge in [0.05, 0.1) is 17.7 Å². The number of hydrogen-bond acceptors (Lipinski definition) is 2. The van der Waals surface area contributed by atoms with Gasteiger partial charge in [0.25, 0.3) is 0 Å². The van der Waals surface area contributed by atoms with E-state index in [1.807, 2.05) is 0 Å². The Balaban J connectivity index is 3.38. The molecule has 0 fully saturated rings. The first kappa shape index (κ1) is 15.3. The fourth-order valence-electron chi connectivity index (χ4n) is 1.38. The van der Waals surface area contributed by atoms with E-state index in [0.29, 0.717) is 12.1 Å². The Morgan fingerprint density at radius 3 is 2.11 bits per heavy atom. The van der Waals surface area contributed by atoms with E-state index < -0.39 is 34.9 Å². The highest BCUT2D eigenvalue weighted by Crippen LogP contribution is 2.37. The van der Waals surface area contributed by atoms with Gasteiger partial charge in [0.15, 0.2) is 0 Å². The zero-order valence-electron chi connectivity index (χ0n) is 9.62. The first-order chi connectivity index (χ1) is 8.57. The summed E-state index contributed by atoms with van der Waals surface area (Å²) in [6.07, 6.45) is -9.88. The van der Waals surface area contributed by atoms with Crippen molar-refractivity contribution in [1.82, 2.24) is 0 Å². The smallest absolute Gasteiger partial charge is 0.417 e. The summed E-state index contributed by atoms with van der Waals surface area (Å²) in [5.41, 5.74) is -3.68. The minimum absolute atomic E-state index is 0.0249. The van der Waals surface area contributed by atoms with E-state index in [1.54, 1.807) is 0 Å². The van der Waals surface area contributed by atoms with Crippen molar-refractivity contribution in [1.29, 1.82) is 5.41 Å². The molecule has 1 rings (SSSR count). The molecule has 0 aliphatic heterocycles. The lowest BCUT2D eigenvalue weighted by Gasteiger charge is -2.16. The number of hydrogen-bond donors (Lipinski definition) is 1. The molecule has 0 aliphatic rings. The monoisotopic (exact) mass is 285 g/mol. The molecule has 8 heteroatoms. The number of nitrogens with one attached hydrogen (secondary N) is 1. The second-order valence-corrected chi connectivity index (χ2v) is 3.52. The molecule has 0 radical (unpaired) electrons. The van der Waals surface area contributed by atoms with Gasteiger partial charge in [-0.15, -0.1) is 0 Å². The molecule has 0 unspecified atom stereocenters. The van der Waals surface area contributed by atoms with E-state index in [4.69, 9.17) is 5.41 Å². The van der Waals surface area contributed by atoms with Crippen molar-refractivity contribution < 1.29 is 31.1 Å². The van der Waals surface area contributed by atoms with E-state index in [9.17, 15) is 26.3 Å². The van der Waals surface area contributed by atoms with Crippen LogP contribution in [-0.4, -0.2) is 12.5 Å². The van der Waals surface area contributed by atoms with Crippen LogP contribution >= 0.6 is 0 Å². The molecule has 0 heterocycles. The molecule has 2 nitrogen and oxygen atoms in total. The lowest BCUT2D eigenvalue weighted by Crippen LogP contribution is -2.17. The third-order valence-corrected chi connectivity index (χ3v) is 2.19. The SMILES string of the molecule is CCOC(=N)c1ccc(C(F)(F)F)cc1C(F)(F)F. The Hall–Kier alpha value is -1.73. The Kier molecular flexibility index (Phi) is 4.12. The standard InChI is InChI=1S/C11H9F6NO/c1-2-19-9(18)7-4-3-6(10(12,13)14)5-8(7)11(15,16)17/h3-5,18H,2H2,1H3. The first-order valence-corrected chi connectivity index (χ1v) is 5.07. The van der Waals surface area contributed by atoms with E-state index in [1.165, 1.54) is 6.92 Å². The van der Waals surface area contributed by atoms with Crippen LogP contribution in [0, 0.1) is 5.41 Å². The number of ether oxygens (including phenoxy) is 1. The van der Waals surface area contributed by atoms with Crippen molar-refractivity contribution >= 4 is 5.90 Å². The molecule has 1 aromatic carbocycles. The second-order valence-electron chi connectivity index (χ2n) is 3.52. The molecule has 1 aromatic rings. The predicted octanol–water partition coefficient (Wildman–Crippen LogP) is 4.09. The quantitative estimate of drug-likeness (QED) is 0.495. The van der Waals surface area contributed by atoms with Crippen LogP contribution in [0.2, 0.25) is 0 Å². The normalized spacial score (nSPS) is 12.4. The summed E-state index contributed by atoms with van der Waals surface area (Å²) in [5.74, 6) is -0.816. The number of benzene rings is 1. The van der Waals surface area contributed by atoms with Crippen LogP contribution in [0.5, 0.6) is 0 Å². The maximum Gasteiger partial charge on any atom is 0.417 e. The van der Waals surface area contributed by atoms with Crippen LogP contribution in [0.1, 0.15) is 23.6 Å². The van der Waals surface area contributed by atoms with Crippen molar-refractivity contribution in [3.05, 3.63) is 34.9 Å². The second kappa shape index (κ2) is 5.10. The van der Waals surface area contributed by atoms with Gasteiger partial charge in [-0.25, -0.2) is 0 Å². The Bertz CT molecular complexity index is 477. The van der Waals surface area contributed by atoms with Crippen molar-refractivity contribution in [2.75, 3.05) is 6.61 Å². The fourth-order valence-corrected chi connectivity index (χ4v) is 1.38. The topological polar surface area (TPSA) is 33.1 Å². The average molecular weight is 285 g/mol. The summed E-state index contributed by atoms with van der Waals surface area (Å²) in [5, 5.41) is 7.27. The van der Waals surface area contributed by atoms with Crippen LogP contribution in [0.3, 0.4) is 0 Å². The van der Waals surface area contributed by atoms with E-state index in [-0.39, 0.29) is 12.7 Å². The summed E-state index contributed by atoms with van der Waals surface area (Å²) in [7, 11) is 0. The zero-order chi connectivity index (χ0) is 14.8. The maximum absolute atomic E-state index is 12.7. The fraction of sp³-hybridized carbons (Fsp3) is 0.364. The molecule has 0 aliphatic carbocycles. The molecule has 0 saturated heterocycles. The molecule has 1 N–H and O–H groups in total. The number of alkyl halides is 6. The molecular weight excluding hydrogens is 276 g/mol. The molecule has 0 spiro atoms. The minimum atomic E-state index is -5.00. The van der Waals surface area contributed by atoms with Gasteiger partial charge in [-0.05, 0) is 25.1 Å². The Morgan fingerprint density at radius 1 is 1.11 bits per heavy atom. The van der Waals surface area contributed by atoms with Gasteiger partial charge in [0.2, 0.25) is 5.90 Å². The minimum Gasteiger partial charge on any atom is -0.478 e. The van der Waals surface area contributed by atoms with Crippen LogP contribution in [0.25, 0.3) is 0 Å². The summed E-state index contributed by atoms with van der Waals surface area (Å²) < 4.78 is 79.8. The molecule has 0 amide bonds. The van der Waals surface area contributed by atoms with Crippen LogP contribution in [-0.2, 0) is 17.1 Å². The first-order valence-electron chi connectivity index (χ1n) is 5.07. The highest BCUT2D eigenvalue weighted by Gasteiger charge is 2.39. The van der Waals surface area contributed by atoms with Gasteiger partial charge in [0, 0.05) is 5.56 Å². The summed E-state index contributed by atoms with van der Waals surface area (Å²) >= 11 is 0. The van der Waals surface area contributed by atoms with Gasteiger partial charge >= 0.3 is 12.4 Å². The van der Waals surface area contributed by atoms with Gasteiger partial charge < -0.3 is 4.74 Å². The molecular formula is C11H9F6NO. The largest absolute Gasteiger partial charge is 0.478 e. The number of rotatable bonds is 2. The van der Waals surface area contributed by atoms with Crippen molar-refractivity contribution in [3.63, 3.8) is 0 Å². The summed E-state index contributed by atoms with van der Waals surface area (Å²) in [6, 6.07) is 1.05. The third-order valence-electron chi connectivity index (χ3n) is 2.19. The predicted molar refractivity (Wildman–Crippen MR) is 54.9 cm³/mol. The maximum atomic E-state index is 12.7. The van der Waals surface area contributed by atoms with Gasteiger partial charge in [-0.3, -0.25) is 5.41 Å². The lowest BCUT2D eigenvalue weighted by atomic mass is 10.0. The van der Waals surface area contributed by atoms with E-state index in [2.05, 4.69) is 4.74 Å². The number of halogens is 6. The van der Waals surface area contributed by atoms with Crippen molar-refractivity contribution in [3.8, 4) is 0 Å². The van der Waals surface area contributed by atoms with Crippen LogP contribution in [0.4, 0.5) is 26.3 Å². The highest BCUT2D eigenvalue weighted by molar-refractivity contribution is 5.93. The molecule has 0 atom stereocenters. The van der Waals surface area contributed by atoms with E-state index >= 15 is 0 Å². The van der Waals surface area contributed by atoms with Gasteiger partial charge in [-0.2, -0.15) is 26.3 Å². The average Bonchev–Trinajstić information content (AvgIpc) is 2.26. The Morgan fingerprint density at radius 2 is 1.68 bits per heavy atom. The summed E-state index contributed by atoms with van der Waals surface area (Å²) in [4.78, 5) is 0. The lowest BCUT2D eigenvalue weighted by molar-refractivity contribution is -0.143. The zero-order valence-corrected chi connectivity index (χ0v) is 9.62. The van der Waals surface area contributed by atoms with Crippen LogP contribution in [0.15, 0.2) is 18.2 Å². The van der Waals surface area contributed by atoms with E-state index in [0.717, 1.165) is 0 Å². The molecule has 106 valence electrons. The molecule has 0 aromatic heterocycles. The summed E-state index contributed by atoms with van der Waals surface area (Å²) in [6.45, 7) is 1.39. The van der Waals surface area contributed by atoms with Gasteiger partial charge in [0.1, 0.15) is 0 Å². The molecule has 0 bridgehead atoms. The highest BCUT2D eigenvalue weighted by atomic mass is 19.4. The van der Waals surface area contributed by atoms with Crippen molar-refractivity contribution in [2.45, 2.75) is 19.3 Å².